The molecule has 2 N–H and O–H groups in total. The minimum atomic E-state index is -0.767. The molecule has 0 radical (unpaired) electrons. The van der Waals surface area contributed by atoms with Gasteiger partial charge in [0.05, 0.1) is 0 Å². The Morgan fingerprint density at radius 1 is 1.17 bits per heavy atom. The third-order valence-electron chi connectivity index (χ3n) is 3.28. The lowest BCUT2D eigenvalue weighted by molar-refractivity contribution is -0.141. The van der Waals surface area contributed by atoms with Crippen molar-refractivity contribution in [3.63, 3.8) is 0 Å². The Labute approximate surface area is 139 Å². The van der Waals surface area contributed by atoms with Crippen molar-refractivity contribution >= 4 is 36.3 Å². The molecule has 0 bridgehead atoms. The van der Waals surface area contributed by atoms with Crippen molar-refractivity contribution in [2.45, 2.75) is 26.3 Å². The molecule has 9 heteroatoms. The van der Waals surface area contributed by atoms with Crippen molar-refractivity contribution in [1.82, 2.24) is 15.5 Å². The van der Waals surface area contributed by atoms with E-state index in [1.54, 1.807) is 13.8 Å². The van der Waals surface area contributed by atoms with Gasteiger partial charge in [0, 0.05) is 25.1 Å². The summed E-state index contributed by atoms with van der Waals surface area (Å²) in [7, 11) is 0. The fraction of sp³-hybridized carbons (Fsp3) is 0.467. The summed E-state index contributed by atoms with van der Waals surface area (Å²) < 4.78 is 0. The van der Waals surface area contributed by atoms with Gasteiger partial charge in [0.2, 0.25) is 11.8 Å². The molecule has 0 unspecified atom stereocenters. The first-order chi connectivity index (χ1) is 11.3. The summed E-state index contributed by atoms with van der Waals surface area (Å²) >= 11 is 0. The number of imide groups is 1. The molecule has 1 heterocycles. The van der Waals surface area contributed by atoms with Crippen molar-refractivity contribution in [3.05, 3.63) is 12.2 Å². The van der Waals surface area contributed by atoms with Crippen LogP contribution in [0.15, 0.2) is 17.1 Å². The van der Waals surface area contributed by atoms with E-state index >= 15 is 0 Å². The second kappa shape index (κ2) is 8.70. The molecule has 1 rings (SSSR count). The van der Waals surface area contributed by atoms with Crippen molar-refractivity contribution < 1.29 is 24.0 Å². The molecule has 0 aliphatic carbocycles. The second-order valence-electron chi connectivity index (χ2n) is 5.48. The second-order valence-corrected chi connectivity index (χ2v) is 5.48. The highest BCUT2D eigenvalue weighted by Crippen LogP contribution is 2.04. The van der Waals surface area contributed by atoms with Gasteiger partial charge in [-0.2, -0.15) is 0 Å². The van der Waals surface area contributed by atoms with E-state index < -0.39 is 42.1 Å². The first kappa shape index (κ1) is 19.2. The van der Waals surface area contributed by atoms with E-state index in [1.807, 2.05) is 0 Å². The van der Waals surface area contributed by atoms with Crippen LogP contribution in [0.1, 0.15) is 20.3 Å². The number of hydrogen-bond donors (Lipinski definition) is 2. The summed E-state index contributed by atoms with van der Waals surface area (Å²) in [6.45, 7) is 6.27. The number of aliphatic imine (C=N–C) groups is 1. The highest BCUT2D eigenvalue weighted by Gasteiger charge is 2.26. The Hall–Kier alpha value is -2.84. The fourth-order valence-electron chi connectivity index (χ4n) is 1.96. The Morgan fingerprint density at radius 3 is 2.25 bits per heavy atom. The van der Waals surface area contributed by atoms with E-state index in [2.05, 4.69) is 22.3 Å². The molecule has 1 atom stereocenters. The molecular weight excluding hydrogens is 316 g/mol. The fourth-order valence-corrected chi connectivity index (χ4v) is 1.96. The van der Waals surface area contributed by atoms with Gasteiger partial charge in [0.1, 0.15) is 12.6 Å². The largest absolute Gasteiger partial charge is 0.354 e. The zero-order valence-electron chi connectivity index (χ0n) is 13.6. The summed E-state index contributed by atoms with van der Waals surface area (Å²) in [5, 5.41) is 4.96. The molecule has 5 amide bonds. The van der Waals surface area contributed by atoms with E-state index in [4.69, 9.17) is 0 Å². The van der Waals surface area contributed by atoms with Crippen LogP contribution in [-0.4, -0.2) is 60.3 Å². The predicted molar refractivity (Wildman–Crippen MR) is 84.8 cm³/mol. The third-order valence-corrected chi connectivity index (χ3v) is 3.28. The van der Waals surface area contributed by atoms with Crippen LogP contribution < -0.4 is 10.6 Å². The van der Waals surface area contributed by atoms with Gasteiger partial charge < -0.3 is 10.6 Å². The topological polar surface area (TPSA) is 125 Å². The van der Waals surface area contributed by atoms with Crippen LogP contribution in [0.5, 0.6) is 0 Å². The van der Waals surface area contributed by atoms with Gasteiger partial charge in [-0.3, -0.25) is 28.9 Å². The van der Waals surface area contributed by atoms with Crippen LogP contribution >= 0.6 is 0 Å². The summed E-state index contributed by atoms with van der Waals surface area (Å²) in [5.74, 6) is -2.77. The van der Waals surface area contributed by atoms with Gasteiger partial charge in [-0.1, -0.05) is 13.8 Å². The van der Waals surface area contributed by atoms with Crippen LogP contribution in [0.3, 0.4) is 0 Å². The number of nitrogens with zero attached hydrogens (tertiary/aromatic N) is 2. The lowest BCUT2D eigenvalue weighted by atomic mass is 10.0. The molecule has 0 aromatic carbocycles. The molecule has 1 aliphatic rings. The van der Waals surface area contributed by atoms with E-state index in [9.17, 15) is 24.0 Å². The molecule has 0 spiro atoms. The minimum Gasteiger partial charge on any atom is -0.354 e. The smallest absolute Gasteiger partial charge is 0.267 e. The zero-order chi connectivity index (χ0) is 18.3. The number of nitrogens with one attached hydrogen (secondary N) is 2. The average Bonchev–Trinajstić information content (AvgIpc) is 2.83. The maximum atomic E-state index is 11.8. The standard InChI is InChI=1S/C15H20N4O5/c1-9(2)14(15(24)16-3)18-10(20)6-7-17-11(21)8-19-12(22)4-5-13(19)23/h4-5,9,14H,3,6-8H2,1-2H3,(H,17,21)(H,18,20)/t14-/m0/s1. The lowest BCUT2D eigenvalue weighted by Crippen LogP contribution is -2.45. The summed E-state index contributed by atoms with van der Waals surface area (Å²) in [6.07, 6.45) is 2.11. The molecule has 24 heavy (non-hydrogen) atoms. The molecule has 0 fully saturated rings. The van der Waals surface area contributed by atoms with Crippen LogP contribution in [0.4, 0.5) is 0 Å². The highest BCUT2D eigenvalue weighted by atomic mass is 16.2. The molecule has 0 saturated heterocycles. The number of carbonyl (C=O) groups excluding carboxylic acids is 5. The number of hydrogen-bond acceptors (Lipinski definition) is 5. The van der Waals surface area contributed by atoms with Crippen LogP contribution in [0.25, 0.3) is 0 Å². The Balaban J connectivity index is 2.35. The Morgan fingerprint density at radius 2 is 1.75 bits per heavy atom. The van der Waals surface area contributed by atoms with E-state index in [0.717, 1.165) is 17.1 Å². The first-order valence-electron chi connectivity index (χ1n) is 7.36. The van der Waals surface area contributed by atoms with Gasteiger partial charge in [-0.05, 0) is 12.6 Å². The molecule has 0 aromatic heterocycles. The Kier molecular flexibility index (Phi) is 6.97. The number of amides is 5. The van der Waals surface area contributed by atoms with Gasteiger partial charge in [-0.15, -0.1) is 0 Å². The van der Waals surface area contributed by atoms with Crippen molar-refractivity contribution in [1.29, 1.82) is 0 Å². The molecule has 0 saturated carbocycles. The van der Waals surface area contributed by atoms with E-state index in [-0.39, 0.29) is 18.9 Å². The van der Waals surface area contributed by atoms with E-state index in [0.29, 0.717) is 0 Å². The van der Waals surface area contributed by atoms with Crippen molar-refractivity contribution in [2.75, 3.05) is 13.1 Å². The first-order valence-corrected chi connectivity index (χ1v) is 7.36. The summed E-state index contributed by atoms with van der Waals surface area (Å²) in [4.78, 5) is 61.7. The maximum absolute atomic E-state index is 11.8. The summed E-state index contributed by atoms with van der Waals surface area (Å²) in [5.41, 5.74) is 0. The van der Waals surface area contributed by atoms with Crippen LogP contribution in [0, 0.1) is 5.92 Å². The monoisotopic (exact) mass is 336 g/mol. The normalized spacial score (nSPS) is 14.7. The summed E-state index contributed by atoms with van der Waals surface area (Å²) in [6, 6.07) is -0.767. The van der Waals surface area contributed by atoms with Crippen molar-refractivity contribution in [3.8, 4) is 0 Å². The van der Waals surface area contributed by atoms with Gasteiger partial charge in [0.15, 0.2) is 0 Å². The minimum absolute atomic E-state index is 0.00877. The van der Waals surface area contributed by atoms with Gasteiger partial charge in [-0.25, -0.2) is 4.99 Å². The van der Waals surface area contributed by atoms with Crippen LogP contribution in [0.2, 0.25) is 0 Å². The SMILES string of the molecule is C=NC(=O)[C@@H](NC(=O)CCNC(=O)CN1C(=O)C=CC1=O)C(C)C. The number of rotatable bonds is 8. The average molecular weight is 336 g/mol. The quantitative estimate of drug-likeness (QED) is 0.425. The molecule has 9 nitrogen and oxygen atoms in total. The Bertz CT molecular complexity index is 579. The molecule has 1 aliphatic heterocycles. The van der Waals surface area contributed by atoms with Crippen LogP contribution in [-0.2, 0) is 24.0 Å². The molecular formula is C15H20N4O5. The number of carbonyl (C=O) groups is 5. The maximum Gasteiger partial charge on any atom is 0.267 e. The van der Waals surface area contributed by atoms with Gasteiger partial charge >= 0.3 is 0 Å². The van der Waals surface area contributed by atoms with Crippen molar-refractivity contribution in [2.24, 2.45) is 10.9 Å². The van der Waals surface area contributed by atoms with Gasteiger partial charge in [0.25, 0.3) is 17.7 Å². The lowest BCUT2D eigenvalue weighted by Gasteiger charge is -2.19. The molecule has 130 valence electrons. The zero-order valence-corrected chi connectivity index (χ0v) is 13.6. The third kappa shape index (κ3) is 5.41. The van der Waals surface area contributed by atoms with E-state index in [1.165, 1.54) is 0 Å². The molecule has 0 aromatic rings. The highest BCUT2D eigenvalue weighted by molar-refractivity contribution is 6.14. The predicted octanol–water partition coefficient (Wildman–Crippen LogP) is -1.21.